The number of aryl methyl sites for hydroxylation is 1. The summed E-state index contributed by atoms with van der Waals surface area (Å²) in [5, 5.41) is 30.7. The van der Waals surface area contributed by atoms with Crippen LogP contribution in [0.3, 0.4) is 0 Å². The molecule has 1 aromatic rings. The molecule has 1 aliphatic heterocycles. The van der Waals surface area contributed by atoms with Crippen LogP contribution in [0.4, 0.5) is 0 Å². The number of benzene rings is 1. The van der Waals surface area contributed by atoms with Gasteiger partial charge in [-0.15, -0.1) is 0 Å². The van der Waals surface area contributed by atoms with Crippen LogP contribution < -0.4 is 4.74 Å². The van der Waals surface area contributed by atoms with Crippen LogP contribution in [0.2, 0.25) is 0 Å². The lowest BCUT2D eigenvalue weighted by Crippen LogP contribution is -2.49. The number of fused-ring (bicyclic) bond motifs is 1. The highest BCUT2D eigenvalue weighted by molar-refractivity contribution is 5.84. The van der Waals surface area contributed by atoms with Crippen LogP contribution in [0, 0.1) is 6.92 Å². The summed E-state index contributed by atoms with van der Waals surface area (Å²) in [6, 6.07) is 1.54. The standard InChI is InChI=1S/C23H34O5/c1-15(8-6-10-22(3,4)27)9-7-11-23(5)20(26)13-17-19(25)12-16(2)18(14-24)21(17)28-23/h9,12,14,20,25-27H,6-8,10-11,13H2,1-5H3/b15-9+/t20-,23+/m0/s1. The lowest BCUT2D eigenvalue weighted by atomic mass is 9.84. The molecule has 0 spiro atoms. The van der Waals surface area contributed by atoms with E-state index in [1.54, 1.807) is 13.0 Å². The quantitative estimate of drug-likeness (QED) is 0.457. The minimum atomic E-state index is -0.825. The molecule has 0 aliphatic carbocycles. The molecule has 0 aromatic heterocycles. The number of phenols is 1. The molecule has 28 heavy (non-hydrogen) atoms. The highest BCUT2D eigenvalue weighted by atomic mass is 16.5. The van der Waals surface area contributed by atoms with Crippen LogP contribution in [0.1, 0.15) is 81.3 Å². The van der Waals surface area contributed by atoms with Crippen molar-refractivity contribution < 1.29 is 24.9 Å². The number of aliphatic hydroxyl groups is 2. The zero-order chi connectivity index (χ0) is 21.1. The Labute approximate surface area is 168 Å². The number of allylic oxidation sites excluding steroid dienone is 2. The molecule has 1 aliphatic rings. The van der Waals surface area contributed by atoms with E-state index in [0.29, 0.717) is 28.9 Å². The van der Waals surface area contributed by atoms with Crippen LogP contribution >= 0.6 is 0 Å². The molecule has 0 radical (unpaired) electrons. The van der Waals surface area contributed by atoms with Gasteiger partial charge in [0.2, 0.25) is 0 Å². The van der Waals surface area contributed by atoms with Gasteiger partial charge in [0.1, 0.15) is 17.1 Å². The summed E-state index contributed by atoms with van der Waals surface area (Å²) in [5.41, 5.74) is 1.38. The number of carbonyl (C=O) groups is 1. The maximum Gasteiger partial charge on any atom is 0.154 e. The Morgan fingerprint density at radius 2 is 2.11 bits per heavy atom. The monoisotopic (exact) mass is 390 g/mol. The van der Waals surface area contributed by atoms with Gasteiger partial charge in [0.25, 0.3) is 0 Å². The van der Waals surface area contributed by atoms with Gasteiger partial charge >= 0.3 is 0 Å². The van der Waals surface area contributed by atoms with E-state index < -0.39 is 17.3 Å². The SMILES string of the molecule is C/C(=C\CC[C@@]1(C)Oc2c(C=O)c(C)cc(O)c2C[C@@H]1O)CCCC(C)(C)O. The maximum absolute atomic E-state index is 11.5. The van der Waals surface area contributed by atoms with Crippen molar-refractivity contribution in [2.45, 2.75) is 90.4 Å². The normalized spacial score (nSPS) is 22.5. The molecule has 0 saturated carbocycles. The molecule has 0 unspecified atom stereocenters. The van der Waals surface area contributed by atoms with Crippen LogP contribution in [-0.2, 0) is 6.42 Å². The summed E-state index contributed by atoms with van der Waals surface area (Å²) in [6.45, 7) is 9.33. The van der Waals surface area contributed by atoms with E-state index in [0.717, 1.165) is 32.0 Å². The molecular weight excluding hydrogens is 356 g/mol. The Balaban J connectivity index is 2.07. The first kappa shape index (κ1) is 22.4. The summed E-state index contributed by atoms with van der Waals surface area (Å²) in [7, 11) is 0. The summed E-state index contributed by atoms with van der Waals surface area (Å²) in [5.74, 6) is 0.452. The van der Waals surface area contributed by atoms with E-state index in [9.17, 15) is 20.1 Å². The van der Waals surface area contributed by atoms with Gasteiger partial charge < -0.3 is 20.1 Å². The van der Waals surface area contributed by atoms with E-state index in [2.05, 4.69) is 13.0 Å². The van der Waals surface area contributed by atoms with Crippen molar-refractivity contribution in [2.24, 2.45) is 0 Å². The molecule has 1 aromatic carbocycles. The molecule has 156 valence electrons. The molecule has 2 atom stereocenters. The largest absolute Gasteiger partial charge is 0.508 e. The predicted octanol–water partition coefficient (Wildman–Crippen LogP) is 4.24. The lowest BCUT2D eigenvalue weighted by molar-refractivity contribution is -0.0595. The first-order valence-electron chi connectivity index (χ1n) is 10.0. The van der Waals surface area contributed by atoms with Crippen LogP contribution in [0.5, 0.6) is 11.5 Å². The van der Waals surface area contributed by atoms with Crippen molar-refractivity contribution >= 4 is 6.29 Å². The summed E-state index contributed by atoms with van der Waals surface area (Å²) in [4.78, 5) is 11.5. The van der Waals surface area contributed by atoms with Gasteiger partial charge in [-0.3, -0.25) is 4.79 Å². The first-order valence-corrected chi connectivity index (χ1v) is 10.0. The van der Waals surface area contributed by atoms with Crippen molar-refractivity contribution in [1.29, 1.82) is 0 Å². The van der Waals surface area contributed by atoms with Crippen molar-refractivity contribution in [1.82, 2.24) is 0 Å². The average molecular weight is 391 g/mol. The highest BCUT2D eigenvalue weighted by Gasteiger charge is 2.41. The van der Waals surface area contributed by atoms with Gasteiger partial charge in [-0.25, -0.2) is 0 Å². The summed E-state index contributed by atoms with van der Waals surface area (Å²) < 4.78 is 6.12. The number of aldehydes is 1. The van der Waals surface area contributed by atoms with Crippen LogP contribution in [0.25, 0.3) is 0 Å². The van der Waals surface area contributed by atoms with E-state index >= 15 is 0 Å². The number of ether oxygens (including phenoxy) is 1. The van der Waals surface area contributed by atoms with Crippen LogP contribution in [-0.4, -0.2) is 38.9 Å². The predicted molar refractivity (Wildman–Crippen MR) is 110 cm³/mol. The molecule has 3 N–H and O–H groups in total. The van der Waals surface area contributed by atoms with Gasteiger partial charge in [-0.1, -0.05) is 11.6 Å². The maximum atomic E-state index is 11.5. The third kappa shape index (κ3) is 5.36. The molecule has 2 rings (SSSR count). The van der Waals surface area contributed by atoms with Gasteiger partial charge in [-0.05, 0) is 78.4 Å². The molecule has 0 fully saturated rings. The molecule has 5 heteroatoms. The van der Waals surface area contributed by atoms with E-state index in [4.69, 9.17) is 4.74 Å². The second-order valence-electron chi connectivity index (χ2n) is 8.94. The van der Waals surface area contributed by atoms with Crippen molar-refractivity contribution in [2.75, 3.05) is 0 Å². The number of hydrogen-bond donors (Lipinski definition) is 3. The average Bonchev–Trinajstić information content (AvgIpc) is 2.56. The second kappa shape index (κ2) is 8.66. The first-order chi connectivity index (χ1) is 13.0. The minimum Gasteiger partial charge on any atom is -0.508 e. The van der Waals surface area contributed by atoms with Gasteiger partial charge in [0, 0.05) is 12.0 Å². The Kier molecular flexibility index (Phi) is 6.94. The molecule has 0 bridgehead atoms. The molecule has 0 saturated heterocycles. The fourth-order valence-corrected chi connectivity index (χ4v) is 3.72. The lowest BCUT2D eigenvalue weighted by Gasteiger charge is -2.40. The number of aromatic hydroxyl groups is 1. The highest BCUT2D eigenvalue weighted by Crippen LogP contribution is 2.43. The van der Waals surface area contributed by atoms with Crippen LogP contribution in [0.15, 0.2) is 17.7 Å². The third-order valence-corrected chi connectivity index (χ3v) is 5.65. The summed E-state index contributed by atoms with van der Waals surface area (Å²) in [6.07, 6.45) is 6.34. The van der Waals surface area contributed by atoms with Crippen molar-refractivity contribution in [3.63, 3.8) is 0 Å². The topological polar surface area (TPSA) is 87.0 Å². The minimum absolute atomic E-state index is 0.0572. The molecular formula is C23H34O5. The van der Waals surface area contributed by atoms with E-state index in [-0.39, 0.29) is 12.2 Å². The number of phenolic OH excluding ortho intramolecular Hbond substituents is 1. The molecule has 1 heterocycles. The zero-order valence-corrected chi connectivity index (χ0v) is 17.7. The van der Waals surface area contributed by atoms with Crippen molar-refractivity contribution in [3.8, 4) is 11.5 Å². The number of aliphatic hydroxyl groups excluding tert-OH is 1. The van der Waals surface area contributed by atoms with Crippen molar-refractivity contribution in [3.05, 3.63) is 34.4 Å². The number of rotatable bonds is 8. The Morgan fingerprint density at radius 3 is 2.71 bits per heavy atom. The van der Waals surface area contributed by atoms with Gasteiger partial charge in [0.05, 0.1) is 17.3 Å². The third-order valence-electron chi connectivity index (χ3n) is 5.65. The van der Waals surface area contributed by atoms with E-state index in [1.165, 1.54) is 5.57 Å². The van der Waals surface area contributed by atoms with Gasteiger partial charge in [-0.2, -0.15) is 0 Å². The number of hydrogen-bond acceptors (Lipinski definition) is 5. The second-order valence-corrected chi connectivity index (χ2v) is 8.94. The molecule has 5 nitrogen and oxygen atoms in total. The molecule has 0 amide bonds. The zero-order valence-electron chi connectivity index (χ0n) is 17.7. The smallest absolute Gasteiger partial charge is 0.154 e. The Morgan fingerprint density at radius 1 is 1.43 bits per heavy atom. The number of carbonyl (C=O) groups excluding carboxylic acids is 1. The fourth-order valence-electron chi connectivity index (χ4n) is 3.72. The summed E-state index contributed by atoms with van der Waals surface area (Å²) >= 11 is 0. The van der Waals surface area contributed by atoms with E-state index in [1.807, 2.05) is 20.8 Å². The Bertz CT molecular complexity index is 744. The van der Waals surface area contributed by atoms with Gasteiger partial charge in [0.15, 0.2) is 6.29 Å². The Hall–Kier alpha value is -1.85. The fraction of sp³-hybridized carbons (Fsp3) is 0.609.